The zero-order chi connectivity index (χ0) is 28.9. The Kier molecular flexibility index (Phi) is 9.03. The maximum atomic E-state index is 14.4. The molecule has 9 heteroatoms. The van der Waals surface area contributed by atoms with E-state index in [1.807, 2.05) is 12.1 Å². The van der Waals surface area contributed by atoms with Crippen molar-refractivity contribution in [1.29, 1.82) is 0 Å². The molecule has 2 aliphatic heterocycles. The van der Waals surface area contributed by atoms with Crippen molar-refractivity contribution in [2.45, 2.75) is 57.5 Å². The number of nitrogens with one attached hydrogen (secondary N) is 1. The normalized spacial score (nSPS) is 17.0. The quantitative estimate of drug-likeness (QED) is 0.424. The molecule has 0 unspecified atom stereocenters. The van der Waals surface area contributed by atoms with E-state index in [0.717, 1.165) is 63.4 Å². The molecule has 2 fully saturated rings. The van der Waals surface area contributed by atoms with Gasteiger partial charge in [-0.3, -0.25) is 9.59 Å². The fraction of sp³-hybridized carbons (Fsp3) is 0.406. The number of hydrogen-bond acceptors (Lipinski definition) is 4. The van der Waals surface area contributed by atoms with Crippen molar-refractivity contribution in [3.63, 3.8) is 0 Å². The molecule has 2 saturated heterocycles. The molecule has 0 aliphatic carbocycles. The molecule has 2 aliphatic rings. The van der Waals surface area contributed by atoms with Gasteiger partial charge in [-0.05, 0) is 74.4 Å². The Hall–Kier alpha value is -3.72. The second kappa shape index (κ2) is 12.9. The lowest BCUT2D eigenvalue weighted by Gasteiger charge is -2.41. The van der Waals surface area contributed by atoms with E-state index in [9.17, 15) is 22.8 Å². The summed E-state index contributed by atoms with van der Waals surface area (Å²) < 4.78 is 43.0. The molecular weight excluding hydrogens is 529 g/mol. The molecule has 0 radical (unpaired) electrons. The number of carbonyl (C=O) groups is 2. The molecular formula is C32H35F3N4O2. The lowest BCUT2D eigenvalue weighted by Crippen LogP contribution is -2.51. The van der Waals surface area contributed by atoms with Crippen LogP contribution in [0.2, 0.25) is 0 Å². The number of nitrogens with zero attached hydrogens (tertiary/aromatic N) is 3. The minimum atomic E-state index is -0.938. The van der Waals surface area contributed by atoms with E-state index >= 15 is 0 Å². The van der Waals surface area contributed by atoms with Crippen LogP contribution in [0.5, 0.6) is 0 Å². The summed E-state index contributed by atoms with van der Waals surface area (Å²) in [4.78, 5) is 33.8. The summed E-state index contributed by atoms with van der Waals surface area (Å²) in [5.74, 6) is -3.06. The van der Waals surface area contributed by atoms with E-state index in [2.05, 4.69) is 34.3 Å². The molecule has 1 N–H and O–H groups in total. The summed E-state index contributed by atoms with van der Waals surface area (Å²) in [6.07, 6.45) is 4.58. The van der Waals surface area contributed by atoms with Crippen LogP contribution in [-0.2, 0) is 11.2 Å². The Labute approximate surface area is 238 Å². The van der Waals surface area contributed by atoms with Crippen molar-refractivity contribution >= 4 is 11.8 Å². The molecule has 3 heterocycles. The molecule has 0 spiro atoms. The van der Waals surface area contributed by atoms with Gasteiger partial charge in [0.1, 0.15) is 28.8 Å². The van der Waals surface area contributed by atoms with Crippen LogP contribution in [0.25, 0.3) is 11.3 Å². The van der Waals surface area contributed by atoms with Crippen LogP contribution in [0.15, 0.2) is 54.6 Å². The van der Waals surface area contributed by atoms with Crippen molar-refractivity contribution in [2.75, 3.05) is 26.2 Å². The number of aromatic nitrogens is 1. The van der Waals surface area contributed by atoms with E-state index in [4.69, 9.17) is 0 Å². The molecule has 216 valence electrons. The van der Waals surface area contributed by atoms with Gasteiger partial charge in [-0.15, -0.1) is 0 Å². The Balaban J connectivity index is 1.09. The van der Waals surface area contributed by atoms with Gasteiger partial charge in [-0.2, -0.15) is 0 Å². The van der Waals surface area contributed by atoms with Crippen LogP contribution in [-0.4, -0.2) is 64.9 Å². The third-order valence-electron chi connectivity index (χ3n) is 8.31. The van der Waals surface area contributed by atoms with Gasteiger partial charge < -0.3 is 15.1 Å². The van der Waals surface area contributed by atoms with Gasteiger partial charge >= 0.3 is 0 Å². The average Bonchev–Trinajstić information content (AvgIpc) is 2.98. The summed E-state index contributed by atoms with van der Waals surface area (Å²) in [5.41, 5.74) is 1.28. The van der Waals surface area contributed by atoms with Gasteiger partial charge in [0.2, 0.25) is 5.91 Å². The standard InChI is InChI=1S/C32H35F3N4O2/c1-21-5-2-3-6-22(21)9-12-29(40)36-23-13-17-38(18-14-23)24-15-19-39(20-16-24)32(41)28-11-10-27(35)31(37-28)30-25(33)7-4-8-26(30)34/h2-8,10-11,23-24H,9,12-20H2,1H3,(H,36,40). The lowest BCUT2D eigenvalue weighted by atomic mass is 9.97. The molecule has 0 atom stereocenters. The van der Waals surface area contributed by atoms with Crippen LogP contribution in [0.1, 0.15) is 53.7 Å². The third-order valence-corrected chi connectivity index (χ3v) is 8.31. The number of piperidine rings is 2. The Bertz CT molecular complexity index is 1380. The third kappa shape index (κ3) is 6.78. The van der Waals surface area contributed by atoms with Gasteiger partial charge in [0.15, 0.2) is 0 Å². The average molecular weight is 565 g/mol. The van der Waals surface area contributed by atoms with Crippen LogP contribution in [0.4, 0.5) is 13.2 Å². The summed E-state index contributed by atoms with van der Waals surface area (Å²) in [5, 5.41) is 3.20. The highest BCUT2D eigenvalue weighted by molar-refractivity contribution is 5.93. The highest BCUT2D eigenvalue weighted by Gasteiger charge is 2.31. The SMILES string of the molecule is Cc1ccccc1CCC(=O)NC1CCN(C2CCN(C(=O)c3ccc(F)c(-c4c(F)cccc4F)n3)CC2)CC1. The first-order valence-electron chi connectivity index (χ1n) is 14.3. The van der Waals surface area contributed by atoms with Crippen LogP contribution >= 0.6 is 0 Å². The molecule has 5 rings (SSSR count). The second-order valence-electron chi connectivity index (χ2n) is 11.0. The first kappa shape index (κ1) is 28.8. The molecule has 0 bridgehead atoms. The number of amides is 2. The largest absolute Gasteiger partial charge is 0.353 e. The highest BCUT2D eigenvalue weighted by atomic mass is 19.1. The number of hydrogen-bond donors (Lipinski definition) is 1. The maximum Gasteiger partial charge on any atom is 0.272 e. The minimum absolute atomic E-state index is 0.0403. The van der Waals surface area contributed by atoms with Crippen LogP contribution < -0.4 is 5.32 Å². The van der Waals surface area contributed by atoms with Crippen molar-refractivity contribution < 1.29 is 22.8 Å². The minimum Gasteiger partial charge on any atom is -0.353 e. The molecule has 41 heavy (non-hydrogen) atoms. The van der Waals surface area contributed by atoms with Crippen LogP contribution in [0.3, 0.4) is 0 Å². The maximum absolute atomic E-state index is 14.4. The number of halogens is 3. The number of carbonyl (C=O) groups excluding carboxylic acids is 2. The van der Waals surface area contributed by atoms with E-state index in [-0.39, 0.29) is 23.6 Å². The van der Waals surface area contributed by atoms with Gasteiger partial charge in [0.05, 0.1) is 5.56 Å². The zero-order valence-corrected chi connectivity index (χ0v) is 23.2. The predicted octanol–water partition coefficient (Wildman–Crippen LogP) is 5.29. The molecule has 6 nitrogen and oxygen atoms in total. The van der Waals surface area contributed by atoms with Crippen molar-refractivity contribution in [1.82, 2.24) is 20.1 Å². The molecule has 0 saturated carbocycles. The Morgan fingerprint density at radius 3 is 2.22 bits per heavy atom. The van der Waals surface area contributed by atoms with Crippen molar-refractivity contribution in [3.8, 4) is 11.3 Å². The van der Waals surface area contributed by atoms with Gasteiger partial charge in [-0.1, -0.05) is 30.3 Å². The monoisotopic (exact) mass is 564 g/mol. The van der Waals surface area contributed by atoms with E-state index < -0.39 is 28.7 Å². The number of aryl methyl sites for hydroxylation is 2. The summed E-state index contributed by atoms with van der Waals surface area (Å²) in [6, 6.07) is 14.2. The van der Waals surface area contributed by atoms with Gasteiger partial charge in [0.25, 0.3) is 5.91 Å². The smallest absolute Gasteiger partial charge is 0.272 e. The fourth-order valence-electron chi connectivity index (χ4n) is 5.90. The number of rotatable bonds is 7. The molecule has 1 aromatic heterocycles. The first-order chi connectivity index (χ1) is 19.8. The summed E-state index contributed by atoms with van der Waals surface area (Å²) >= 11 is 0. The second-order valence-corrected chi connectivity index (χ2v) is 11.0. The van der Waals surface area contributed by atoms with Gasteiger partial charge in [-0.25, -0.2) is 18.2 Å². The first-order valence-corrected chi connectivity index (χ1v) is 14.3. The van der Waals surface area contributed by atoms with Crippen molar-refractivity contribution in [2.24, 2.45) is 0 Å². The number of pyridine rings is 1. The topological polar surface area (TPSA) is 65.5 Å². The van der Waals surface area contributed by atoms with E-state index in [0.29, 0.717) is 25.6 Å². The predicted molar refractivity (Wildman–Crippen MR) is 151 cm³/mol. The highest BCUT2D eigenvalue weighted by Crippen LogP contribution is 2.28. The lowest BCUT2D eigenvalue weighted by molar-refractivity contribution is -0.122. The molecule has 2 aromatic carbocycles. The summed E-state index contributed by atoms with van der Waals surface area (Å²) in [7, 11) is 0. The zero-order valence-electron chi connectivity index (χ0n) is 23.2. The van der Waals surface area contributed by atoms with E-state index in [1.165, 1.54) is 23.3 Å². The van der Waals surface area contributed by atoms with Crippen LogP contribution in [0, 0.1) is 24.4 Å². The molecule has 2 amide bonds. The Morgan fingerprint density at radius 1 is 0.854 bits per heavy atom. The molecule has 3 aromatic rings. The Morgan fingerprint density at radius 2 is 1.54 bits per heavy atom. The van der Waals surface area contributed by atoms with Crippen molar-refractivity contribution in [3.05, 3.63) is 88.9 Å². The van der Waals surface area contributed by atoms with E-state index in [1.54, 1.807) is 4.90 Å². The van der Waals surface area contributed by atoms with Gasteiger partial charge in [0, 0.05) is 44.7 Å². The summed E-state index contributed by atoms with van der Waals surface area (Å²) in [6.45, 7) is 4.87. The fourth-order valence-corrected chi connectivity index (χ4v) is 5.90. The number of likely N-dealkylation sites (tertiary alicyclic amines) is 2. The number of benzene rings is 2.